The van der Waals surface area contributed by atoms with Crippen LogP contribution in [-0.4, -0.2) is 27.0 Å². The minimum atomic E-state index is -4.57. The minimum Gasteiger partial charge on any atom is -0.357 e. The lowest BCUT2D eigenvalue weighted by Gasteiger charge is -2.05. The van der Waals surface area contributed by atoms with Crippen molar-refractivity contribution in [3.63, 3.8) is 0 Å². The Kier molecular flexibility index (Phi) is 2.33. The van der Waals surface area contributed by atoms with Gasteiger partial charge in [-0.1, -0.05) is 0 Å². The fraction of sp³-hybridized carbons (Fsp3) is 0.250. The van der Waals surface area contributed by atoms with Crippen LogP contribution in [0.5, 0.6) is 0 Å². The van der Waals surface area contributed by atoms with Crippen molar-refractivity contribution in [3.8, 4) is 0 Å². The van der Waals surface area contributed by atoms with E-state index in [1.807, 2.05) is 0 Å². The van der Waals surface area contributed by atoms with Gasteiger partial charge in [-0.2, -0.15) is 18.2 Å². The molecule has 2 aromatic heterocycles. The molecular weight excluding hydrogens is 223 g/mol. The molecule has 84 valence electrons. The molecule has 0 aliphatic heterocycles. The first-order chi connectivity index (χ1) is 7.50. The van der Waals surface area contributed by atoms with Crippen molar-refractivity contribution in [2.45, 2.75) is 6.18 Å². The summed E-state index contributed by atoms with van der Waals surface area (Å²) in [7, 11) is 1.56. The molecule has 0 radical (unpaired) electrons. The number of alkyl halides is 3. The van der Waals surface area contributed by atoms with Gasteiger partial charge >= 0.3 is 6.18 Å². The highest BCUT2D eigenvalue weighted by molar-refractivity contribution is 5.73. The van der Waals surface area contributed by atoms with E-state index in [-0.39, 0.29) is 11.6 Å². The molecule has 1 N–H and O–H groups in total. The number of nitrogens with zero attached hydrogens (tertiary/aromatic N) is 4. The molecule has 0 aliphatic carbocycles. The molecule has 0 amide bonds. The molecular formula is C8H6F3N5. The standard InChI is InChI=1S/C8H6F3N5/c1-12-7-14-3-4-2-13-6(8(9,10)11)15-5(4)16-7/h2-3H,1H3,(H,12,13,14,15,16). The van der Waals surface area contributed by atoms with Crippen molar-refractivity contribution in [1.29, 1.82) is 0 Å². The number of halogens is 3. The number of fused-ring (bicyclic) bond motifs is 1. The van der Waals surface area contributed by atoms with E-state index in [4.69, 9.17) is 0 Å². The van der Waals surface area contributed by atoms with Gasteiger partial charge in [0, 0.05) is 19.4 Å². The normalized spacial score (nSPS) is 11.8. The lowest BCUT2D eigenvalue weighted by Crippen LogP contribution is -2.11. The Hall–Kier alpha value is -1.99. The molecule has 0 atom stereocenters. The third kappa shape index (κ3) is 1.86. The summed E-state index contributed by atoms with van der Waals surface area (Å²) in [6.07, 6.45) is -2.17. The molecule has 0 unspecified atom stereocenters. The van der Waals surface area contributed by atoms with Crippen molar-refractivity contribution in [1.82, 2.24) is 19.9 Å². The summed E-state index contributed by atoms with van der Waals surface area (Å²) in [6.45, 7) is 0. The minimum absolute atomic E-state index is 0.0401. The Morgan fingerprint density at radius 2 is 1.81 bits per heavy atom. The fourth-order valence-electron chi connectivity index (χ4n) is 1.08. The number of rotatable bonds is 1. The zero-order chi connectivity index (χ0) is 11.8. The molecule has 0 aromatic carbocycles. The van der Waals surface area contributed by atoms with E-state index >= 15 is 0 Å². The molecule has 2 rings (SSSR count). The Morgan fingerprint density at radius 3 is 2.44 bits per heavy atom. The van der Waals surface area contributed by atoms with Crippen LogP contribution in [0.2, 0.25) is 0 Å². The van der Waals surface area contributed by atoms with Crippen LogP contribution in [0.25, 0.3) is 11.0 Å². The Balaban J connectivity index is 2.59. The third-order valence-electron chi connectivity index (χ3n) is 1.81. The highest BCUT2D eigenvalue weighted by atomic mass is 19.4. The molecule has 0 saturated heterocycles. The average molecular weight is 229 g/mol. The van der Waals surface area contributed by atoms with Gasteiger partial charge in [0.05, 0.1) is 5.39 Å². The SMILES string of the molecule is CNc1ncc2cnc(C(F)(F)F)nc2n1. The van der Waals surface area contributed by atoms with Crippen molar-refractivity contribution in [2.24, 2.45) is 0 Å². The van der Waals surface area contributed by atoms with E-state index in [0.717, 1.165) is 6.20 Å². The van der Waals surface area contributed by atoms with Crippen molar-refractivity contribution >= 4 is 17.0 Å². The number of aromatic nitrogens is 4. The van der Waals surface area contributed by atoms with Gasteiger partial charge in [0.1, 0.15) is 0 Å². The Labute approximate surface area is 87.8 Å². The van der Waals surface area contributed by atoms with Crippen LogP contribution >= 0.6 is 0 Å². The highest BCUT2D eigenvalue weighted by Gasteiger charge is 2.34. The van der Waals surface area contributed by atoms with E-state index in [0.29, 0.717) is 5.39 Å². The molecule has 0 aliphatic rings. The second-order valence-corrected chi connectivity index (χ2v) is 2.91. The van der Waals surface area contributed by atoms with Crippen LogP contribution in [-0.2, 0) is 6.18 Å². The first-order valence-electron chi connectivity index (χ1n) is 4.25. The summed E-state index contributed by atoms with van der Waals surface area (Å²) in [6, 6.07) is 0. The summed E-state index contributed by atoms with van der Waals surface area (Å²) >= 11 is 0. The van der Waals surface area contributed by atoms with Crippen LogP contribution in [0.3, 0.4) is 0 Å². The van der Waals surface area contributed by atoms with Gasteiger partial charge in [0.25, 0.3) is 0 Å². The van der Waals surface area contributed by atoms with Gasteiger partial charge in [0.15, 0.2) is 5.65 Å². The van der Waals surface area contributed by atoms with Crippen LogP contribution in [0.1, 0.15) is 5.82 Å². The van der Waals surface area contributed by atoms with Gasteiger partial charge in [-0.3, -0.25) is 0 Å². The lowest BCUT2D eigenvalue weighted by molar-refractivity contribution is -0.144. The molecule has 0 bridgehead atoms. The summed E-state index contributed by atoms with van der Waals surface area (Å²) in [5.41, 5.74) is -0.0401. The largest absolute Gasteiger partial charge is 0.451 e. The molecule has 5 nitrogen and oxygen atoms in total. The monoisotopic (exact) mass is 229 g/mol. The number of nitrogens with one attached hydrogen (secondary N) is 1. The average Bonchev–Trinajstić information content (AvgIpc) is 2.26. The summed E-state index contributed by atoms with van der Waals surface area (Å²) < 4.78 is 36.9. The molecule has 16 heavy (non-hydrogen) atoms. The van der Waals surface area contributed by atoms with Crippen molar-refractivity contribution in [3.05, 3.63) is 18.2 Å². The second-order valence-electron chi connectivity index (χ2n) is 2.91. The van der Waals surface area contributed by atoms with E-state index in [2.05, 4.69) is 25.3 Å². The molecule has 0 spiro atoms. The number of hydrogen-bond donors (Lipinski definition) is 1. The highest BCUT2D eigenvalue weighted by Crippen LogP contribution is 2.26. The molecule has 2 aromatic rings. The number of anilines is 1. The second kappa shape index (κ2) is 3.54. The Morgan fingerprint density at radius 1 is 1.12 bits per heavy atom. The Bertz CT molecular complexity index is 525. The first-order valence-corrected chi connectivity index (χ1v) is 4.25. The molecule has 8 heteroatoms. The van der Waals surface area contributed by atoms with Gasteiger partial charge in [0.2, 0.25) is 11.8 Å². The summed E-state index contributed by atoms with van der Waals surface area (Å²) in [5, 5.41) is 2.97. The zero-order valence-electron chi connectivity index (χ0n) is 8.08. The predicted molar refractivity (Wildman–Crippen MR) is 49.7 cm³/mol. The van der Waals surface area contributed by atoms with E-state index < -0.39 is 12.0 Å². The van der Waals surface area contributed by atoms with Gasteiger partial charge < -0.3 is 5.32 Å². The van der Waals surface area contributed by atoms with Crippen LogP contribution in [0, 0.1) is 0 Å². The summed E-state index contributed by atoms with van der Waals surface area (Å²) in [4.78, 5) is 14.2. The maximum Gasteiger partial charge on any atom is 0.451 e. The van der Waals surface area contributed by atoms with Gasteiger partial charge in [-0.25, -0.2) is 15.0 Å². The quantitative estimate of drug-likeness (QED) is 0.802. The zero-order valence-corrected chi connectivity index (χ0v) is 8.08. The van der Waals surface area contributed by atoms with E-state index in [9.17, 15) is 13.2 Å². The third-order valence-corrected chi connectivity index (χ3v) is 1.81. The van der Waals surface area contributed by atoms with E-state index in [1.54, 1.807) is 7.05 Å². The van der Waals surface area contributed by atoms with Gasteiger partial charge in [-0.05, 0) is 0 Å². The van der Waals surface area contributed by atoms with Crippen molar-refractivity contribution in [2.75, 3.05) is 12.4 Å². The maximum absolute atomic E-state index is 12.3. The summed E-state index contributed by atoms with van der Waals surface area (Å²) in [5.74, 6) is -1.000. The molecule has 0 saturated carbocycles. The smallest absolute Gasteiger partial charge is 0.357 e. The van der Waals surface area contributed by atoms with Crippen LogP contribution in [0.4, 0.5) is 19.1 Å². The maximum atomic E-state index is 12.3. The fourth-order valence-corrected chi connectivity index (χ4v) is 1.08. The van der Waals surface area contributed by atoms with Crippen LogP contribution in [0.15, 0.2) is 12.4 Å². The lowest BCUT2D eigenvalue weighted by atomic mass is 10.4. The molecule has 2 heterocycles. The van der Waals surface area contributed by atoms with Gasteiger partial charge in [-0.15, -0.1) is 0 Å². The van der Waals surface area contributed by atoms with Crippen molar-refractivity contribution < 1.29 is 13.2 Å². The predicted octanol–water partition coefficient (Wildman–Crippen LogP) is 1.48. The van der Waals surface area contributed by atoms with Crippen LogP contribution < -0.4 is 5.32 Å². The molecule has 0 fully saturated rings. The number of hydrogen-bond acceptors (Lipinski definition) is 5. The first kappa shape index (κ1) is 10.5. The topological polar surface area (TPSA) is 63.6 Å². The van der Waals surface area contributed by atoms with E-state index in [1.165, 1.54) is 6.20 Å².